The van der Waals surface area contributed by atoms with E-state index < -0.39 is 5.97 Å². The van der Waals surface area contributed by atoms with Crippen molar-refractivity contribution in [2.24, 2.45) is 0 Å². The summed E-state index contributed by atoms with van der Waals surface area (Å²) in [7, 11) is 0. The lowest BCUT2D eigenvalue weighted by molar-refractivity contribution is -0.136. The van der Waals surface area contributed by atoms with Gasteiger partial charge in [0.15, 0.2) is 0 Å². The molecule has 0 saturated heterocycles. The summed E-state index contributed by atoms with van der Waals surface area (Å²) in [6.45, 7) is 3.86. The minimum atomic E-state index is -0.923. The lowest BCUT2D eigenvalue weighted by Crippen LogP contribution is -2.44. The zero-order valence-corrected chi connectivity index (χ0v) is 17.6. The number of carbonyl (C=O) groups excluding carboxylic acids is 1. The molecular weight excluding hydrogens is 340 g/mol. The number of carboxylic acid groups (broad SMARTS) is 1. The van der Waals surface area contributed by atoms with Gasteiger partial charge in [-0.2, -0.15) is 0 Å². The third-order valence-corrected chi connectivity index (χ3v) is 4.60. The van der Waals surface area contributed by atoms with Crippen LogP contribution in [0.15, 0.2) is 12.2 Å². The molecule has 1 unspecified atom stereocenters. The third kappa shape index (κ3) is 20.8. The first kappa shape index (κ1) is 25.6. The van der Waals surface area contributed by atoms with E-state index in [1.807, 2.05) is 0 Å². The summed E-state index contributed by atoms with van der Waals surface area (Å²) >= 11 is 0. The lowest BCUT2D eigenvalue weighted by Gasteiger charge is -2.14. The molecule has 158 valence electrons. The molecule has 0 saturated carbocycles. The zero-order valence-electron chi connectivity index (χ0n) is 17.6. The average Bonchev–Trinajstić information content (AvgIpc) is 2.63. The van der Waals surface area contributed by atoms with Crippen LogP contribution in [0, 0.1) is 0 Å². The van der Waals surface area contributed by atoms with Crippen LogP contribution in [0.5, 0.6) is 0 Å². The van der Waals surface area contributed by atoms with Crippen molar-refractivity contribution in [3.8, 4) is 0 Å². The normalized spacial score (nSPS) is 12.4. The molecule has 1 amide bonds. The van der Waals surface area contributed by atoms with Crippen LogP contribution < -0.4 is 10.6 Å². The zero-order chi connectivity index (χ0) is 20.2. The fraction of sp³-hybridized carbons (Fsp3) is 0.818. The van der Waals surface area contributed by atoms with E-state index in [0.29, 0.717) is 6.42 Å². The van der Waals surface area contributed by atoms with Crippen molar-refractivity contribution >= 4 is 11.9 Å². The highest BCUT2D eigenvalue weighted by atomic mass is 16.4. The van der Waals surface area contributed by atoms with Gasteiger partial charge in [0.2, 0.25) is 5.91 Å². The van der Waals surface area contributed by atoms with Crippen molar-refractivity contribution in [3.05, 3.63) is 12.2 Å². The summed E-state index contributed by atoms with van der Waals surface area (Å²) < 4.78 is 0. The van der Waals surface area contributed by atoms with Gasteiger partial charge in [-0.15, -0.1) is 0 Å². The first-order chi connectivity index (χ1) is 13.1. The van der Waals surface area contributed by atoms with Gasteiger partial charge < -0.3 is 10.4 Å². The highest BCUT2D eigenvalue weighted by Crippen LogP contribution is 2.09. The Bertz CT molecular complexity index is 397. The third-order valence-electron chi connectivity index (χ3n) is 4.60. The smallest absolute Gasteiger partial charge is 0.317 e. The number of allylic oxidation sites excluding steroid dienone is 2. The van der Waals surface area contributed by atoms with Crippen LogP contribution in [0.25, 0.3) is 0 Å². The lowest BCUT2D eigenvalue weighted by atomic mass is 10.1. The van der Waals surface area contributed by atoms with Crippen LogP contribution in [0.4, 0.5) is 0 Å². The van der Waals surface area contributed by atoms with E-state index in [0.717, 1.165) is 12.8 Å². The second kappa shape index (κ2) is 19.4. The number of aliphatic carboxylic acids is 1. The van der Waals surface area contributed by atoms with Gasteiger partial charge in [-0.05, 0) is 39.0 Å². The second-order valence-corrected chi connectivity index (χ2v) is 7.40. The molecule has 5 nitrogen and oxygen atoms in total. The molecule has 0 heterocycles. The van der Waals surface area contributed by atoms with Gasteiger partial charge in [0, 0.05) is 6.42 Å². The van der Waals surface area contributed by atoms with E-state index in [2.05, 4.69) is 29.7 Å². The largest absolute Gasteiger partial charge is 0.480 e. The molecule has 0 spiro atoms. The minimum absolute atomic E-state index is 0.0157. The molecule has 0 aliphatic heterocycles. The molecular formula is C22H42N2O3. The Morgan fingerprint density at radius 3 is 1.93 bits per heavy atom. The first-order valence-electron chi connectivity index (χ1n) is 11.0. The molecule has 0 aromatic rings. The number of nitrogens with one attached hydrogen (secondary N) is 2. The highest BCUT2D eigenvalue weighted by molar-refractivity contribution is 5.76. The van der Waals surface area contributed by atoms with Gasteiger partial charge in [0.25, 0.3) is 0 Å². The SMILES string of the molecule is CCCCCCCCC=CCCCCCCCC(=O)NC(C)NCC(=O)O. The van der Waals surface area contributed by atoms with E-state index in [1.165, 1.54) is 70.6 Å². The fourth-order valence-corrected chi connectivity index (χ4v) is 2.96. The van der Waals surface area contributed by atoms with Gasteiger partial charge in [0.05, 0.1) is 12.7 Å². The molecule has 0 fully saturated rings. The summed E-state index contributed by atoms with van der Waals surface area (Å²) in [5.74, 6) is -0.939. The van der Waals surface area contributed by atoms with Crippen molar-refractivity contribution in [1.29, 1.82) is 0 Å². The maximum Gasteiger partial charge on any atom is 0.317 e. The Morgan fingerprint density at radius 2 is 1.37 bits per heavy atom. The Hall–Kier alpha value is -1.36. The summed E-state index contributed by atoms with van der Waals surface area (Å²) in [5, 5.41) is 14.1. The van der Waals surface area contributed by atoms with Gasteiger partial charge in [-0.3, -0.25) is 14.9 Å². The molecule has 0 aromatic heterocycles. The van der Waals surface area contributed by atoms with Crippen molar-refractivity contribution in [1.82, 2.24) is 10.6 Å². The van der Waals surface area contributed by atoms with E-state index in [4.69, 9.17) is 5.11 Å². The van der Waals surface area contributed by atoms with Crippen LogP contribution in [-0.2, 0) is 9.59 Å². The summed E-state index contributed by atoms with van der Waals surface area (Å²) in [6.07, 6.45) is 21.0. The Morgan fingerprint density at radius 1 is 0.852 bits per heavy atom. The number of hydrogen-bond acceptors (Lipinski definition) is 3. The Kier molecular flexibility index (Phi) is 18.4. The standard InChI is InChI=1S/C22H42N2O3/c1-3-4-5-6-7-8-9-10-11-12-13-14-15-16-17-18-21(25)24-20(2)23-19-22(26)27/h10-11,20,23H,3-9,12-19H2,1-2H3,(H,24,25)(H,26,27). The monoisotopic (exact) mass is 382 g/mol. The molecule has 3 N–H and O–H groups in total. The number of carbonyl (C=O) groups is 2. The van der Waals surface area contributed by atoms with E-state index >= 15 is 0 Å². The van der Waals surface area contributed by atoms with Crippen LogP contribution in [0.3, 0.4) is 0 Å². The van der Waals surface area contributed by atoms with Crippen molar-refractivity contribution in [2.45, 2.75) is 110 Å². The topological polar surface area (TPSA) is 78.4 Å². The molecule has 5 heteroatoms. The number of unbranched alkanes of at least 4 members (excludes halogenated alkanes) is 11. The van der Waals surface area contributed by atoms with Gasteiger partial charge in [-0.25, -0.2) is 0 Å². The van der Waals surface area contributed by atoms with E-state index in [-0.39, 0.29) is 18.6 Å². The van der Waals surface area contributed by atoms with E-state index in [1.54, 1.807) is 6.92 Å². The van der Waals surface area contributed by atoms with Crippen LogP contribution in [-0.4, -0.2) is 29.7 Å². The average molecular weight is 383 g/mol. The molecule has 0 aliphatic rings. The molecule has 1 atom stereocenters. The molecule has 27 heavy (non-hydrogen) atoms. The summed E-state index contributed by atoms with van der Waals surface area (Å²) in [4.78, 5) is 22.2. The number of hydrogen-bond donors (Lipinski definition) is 3. The molecule has 0 bridgehead atoms. The van der Waals surface area contributed by atoms with Gasteiger partial charge >= 0.3 is 5.97 Å². The maximum absolute atomic E-state index is 11.7. The van der Waals surface area contributed by atoms with Crippen molar-refractivity contribution < 1.29 is 14.7 Å². The van der Waals surface area contributed by atoms with Gasteiger partial charge in [0.1, 0.15) is 0 Å². The molecule has 0 rings (SSSR count). The minimum Gasteiger partial charge on any atom is -0.480 e. The quantitative estimate of drug-likeness (QED) is 0.164. The number of amides is 1. The number of carboxylic acids is 1. The molecule has 0 aliphatic carbocycles. The second-order valence-electron chi connectivity index (χ2n) is 7.40. The fourth-order valence-electron chi connectivity index (χ4n) is 2.96. The van der Waals surface area contributed by atoms with Crippen LogP contribution in [0.1, 0.15) is 104 Å². The first-order valence-corrected chi connectivity index (χ1v) is 11.0. The van der Waals surface area contributed by atoms with Crippen molar-refractivity contribution in [2.75, 3.05) is 6.54 Å². The summed E-state index contributed by atoms with van der Waals surface area (Å²) in [6, 6.07) is 0. The Labute approximate surface area is 166 Å². The van der Waals surface area contributed by atoms with Gasteiger partial charge in [-0.1, -0.05) is 70.4 Å². The maximum atomic E-state index is 11.7. The number of rotatable bonds is 19. The van der Waals surface area contributed by atoms with Crippen molar-refractivity contribution in [3.63, 3.8) is 0 Å². The predicted molar refractivity (Wildman–Crippen MR) is 113 cm³/mol. The molecule has 0 aromatic carbocycles. The Balaban J connectivity index is 3.33. The summed E-state index contributed by atoms with van der Waals surface area (Å²) in [5.41, 5.74) is 0. The van der Waals surface area contributed by atoms with E-state index in [9.17, 15) is 9.59 Å². The van der Waals surface area contributed by atoms with Crippen LogP contribution >= 0.6 is 0 Å². The predicted octanol–water partition coefficient (Wildman–Crippen LogP) is 5.16. The van der Waals surface area contributed by atoms with Crippen LogP contribution in [0.2, 0.25) is 0 Å². The molecule has 0 radical (unpaired) electrons. The highest BCUT2D eigenvalue weighted by Gasteiger charge is 2.07.